The van der Waals surface area contributed by atoms with Gasteiger partial charge in [0.05, 0.1) is 17.4 Å². The predicted molar refractivity (Wildman–Crippen MR) is 74.5 cm³/mol. The van der Waals surface area contributed by atoms with Gasteiger partial charge in [-0.05, 0) is 10.4 Å². The minimum Gasteiger partial charge on any atom is -0.449 e. The zero-order valence-corrected chi connectivity index (χ0v) is 12.9. The predicted octanol–water partition coefficient (Wildman–Crippen LogP) is -0.310. The van der Waals surface area contributed by atoms with Crippen molar-refractivity contribution in [2.24, 2.45) is 13.0 Å². The second kappa shape index (κ2) is 5.78. The second-order valence-corrected chi connectivity index (χ2v) is 6.63. The van der Waals surface area contributed by atoms with E-state index in [2.05, 4.69) is 15.5 Å². The van der Waals surface area contributed by atoms with Crippen molar-refractivity contribution in [1.82, 2.24) is 25.1 Å². The maximum Gasteiger partial charge on any atom is 0.512 e. The molecular formula is C10H11N5O5S2. The molecule has 22 heavy (non-hydrogen) atoms. The number of amides is 1. The third-order valence-corrected chi connectivity index (χ3v) is 5.77. The first kappa shape index (κ1) is 15.1. The average Bonchev–Trinajstić information content (AvgIpc) is 2.99. The number of carboxylic acid groups (broad SMARTS) is 1. The van der Waals surface area contributed by atoms with Gasteiger partial charge in [-0.15, -0.1) is 5.10 Å². The maximum absolute atomic E-state index is 11.9. The van der Waals surface area contributed by atoms with Crippen molar-refractivity contribution < 1.29 is 24.5 Å². The molecule has 1 amide bonds. The standard InChI is InChI=1S/C10H11N5O5S2/c1-14-9(11-12-13-14)21-3-5-7(20-10(18)19)15-6(17)4(2-16)8(15)22-5/h4,8,16H,2-3H2,1H3,(H,18,19)/t4?,8-/m0/s1. The van der Waals surface area contributed by atoms with Crippen molar-refractivity contribution in [3.05, 3.63) is 10.8 Å². The number of rotatable bonds is 5. The molecule has 0 saturated carbocycles. The van der Waals surface area contributed by atoms with E-state index in [1.807, 2.05) is 0 Å². The fraction of sp³-hybridized carbons (Fsp3) is 0.500. The Morgan fingerprint density at radius 3 is 2.91 bits per heavy atom. The molecule has 0 aliphatic carbocycles. The van der Waals surface area contributed by atoms with Crippen LogP contribution in [-0.4, -0.2) is 65.1 Å². The van der Waals surface area contributed by atoms with Gasteiger partial charge in [-0.1, -0.05) is 23.5 Å². The van der Waals surface area contributed by atoms with Gasteiger partial charge < -0.3 is 14.9 Å². The number of aromatic nitrogens is 4. The van der Waals surface area contributed by atoms with Crippen LogP contribution in [0.1, 0.15) is 0 Å². The zero-order valence-electron chi connectivity index (χ0n) is 11.2. The first-order valence-corrected chi connectivity index (χ1v) is 7.99. The third-order valence-electron chi connectivity index (χ3n) is 3.17. The number of carbonyl (C=O) groups is 2. The van der Waals surface area contributed by atoms with Crippen LogP contribution >= 0.6 is 23.5 Å². The molecular weight excluding hydrogens is 334 g/mol. The number of aliphatic hydroxyl groups excluding tert-OH is 1. The van der Waals surface area contributed by atoms with Gasteiger partial charge in [-0.25, -0.2) is 9.48 Å². The number of tetrazole rings is 1. The van der Waals surface area contributed by atoms with Gasteiger partial charge in [0.1, 0.15) is 5.37 Å². The molecule has 0 aromatic carbocycles. The van der Waals surface area contributed by atoms with Crippen LogP contribution in [0.25, 0.3) is 0 Å². The number of aryl methyl sites for hydroxylation is 1. The largest absolute Gasteiger partial charge is 0.512 e. The van der Waals surface area contributed by atoms with Crippen LogP contribution < -0.4 is 0 Å². The molecule has 12 heteroatoms. The highest BCUT2D eigenvalue weighted by Crippen LogP contribution is 2.50. The molecule has 0 spiro atoms. The lowest BCUT2D eigenvalue weighted by molar-refractivity contribution is -0.151. The Morgan fingerprint density at radius 1 is 1.55 bits per heavy atom. The number of nitrogens with zero attached hydrogens (tertiary/aromatic N) is 5. The maximum atomic E-state index is 11.9. The number of thioether (sulfide) groups is 2. The molecule has 1 fully saturated rings. The summed E-state index contributed by atoms with van der Waals surface area (Å²) in [6.45, 7) is -0.277. The van der Waals surface area contributed by atoms with E-state index in [1.54, 1.807) is 7.05 Å². The van der Waals surface area contributed by atoms with Crippen LogP contribution in [0.4, 0.5) is 4.79 Å². The number of carbonyl (C=O) groups excluding carboxylic acids is 1. The number of hydrogen-bond acceptors (Lipinski definition) is 9. The lowest BCUT2D eigenvalue weighted by atomic mass is 10.00. The van der Waals surface area contributed by atoms with Gasteiger partial charge >= 0.3 is 6.16 Å². The van der Waals surface area contributed by atoms with E-state index in [0.717, 1.165) is 0 Å². The van der Waals surface area contributed by atoms with Crippen molar-refractivity contribution in [3.8, 4) is 0 Å². The van der Waals surface area contributed by atoms with Crippen molar-refractivity contribution in [2.75, 3.05) is 12.4 Å². The van der Waals surface area contributed by atoms with Crippen molar-refractivity contribution in [2.45, 2.75) is 10.5 Å². The van der Waals surface area contributed by atoms with Crippen LogP contribution in [0.3, 0.4) is 0 Å². The number of β-lactam (4-membered cyclic amide) rings is 1. The molecule has 2 aliphatic heterocycles. The molecule has 0 radical (unpaired) electrons. The topological polar surface area (TPSA) is 131 Å². The number of ether oxygens (including phenoxy) is 1. The highest BCUT2D eigenvalue weighted by Gasteiger charge is 2.55. The van der Waals surface area contributed by atoms with Crippen molar-refractivity contribution in [3.63, 3.8) is 0 Å². The summed E-state index contributed by atoms with van der Waals surface area (Å²) in [7, 11) is 1.69. The van der Waals surface area contributed by atoms with Gasteiger partial charge in [0.2, 0.25) is 16.9 Å². The highest BCUT2D eigenvalue weighted by molar-refractivity contribution is 8.06. The fourth-order valence-corrected chi connectivity index (χ4v) is 4.49. The van der Waals surface area contributed by atoms with Crippen LogP contribution in [0.15, 0.2) is 15.9 Å². The first-order valence-electron chi connectivity index (χ1n) is 6.12. The van der Waals surface area contributed by atoms with E-state index in [9.17, 15) is 14.7 Å². The Hall–Kier alpha value is -1.79. The summed E-state index contributed by atoms with van der Waals surface area (Å²) in [4.78, 5) is 24.6. The molecule has 1 aromatic heterocycles. The van der Waals surface area contributed by atoms with E-state index in [4.69, 9.17) is 9.84 Å². The summed E-state index contributed by atoms with van der Waals surface area (Å²) >= 11 is 2.61. The molecule has 2 aliphatic rings. The van der Waals surface area contributed by atoms with Crippen LogP contribution in [0, 0.1) is 5.92 Å². The summed E-state index contributed by atoms with van der Waals surface area (Å²) in [5.41, 5.74) is 0. The molecule has 118 valence electrons. The van der Waals surface area contributed by atoms with Crippen molar-refractivity contribution in [1.29, 1.82) is 0 Å². The van der Waals surface area contributed by atoms with E-state index in [1.165, 1.54) is 33.1 Å². The van der Waals surface area contributed by atoms with Gasteiger partial charge in [0, 0.05) is 12.8 Å². The Morgan fingerprint density at radius 2 is 2.32 bits per heavy atom. The molecule has 2 N–H and O–H groups in total. The van der Waals surface area contributed by atoms with E-state index >= 15 is 0 Å². The average molecular weight is 345 g/mol. The molecule has 3 rings (SSSR count). The highest BCUT2D eigenvalue weighted by atomic mass is 32.2. The van der Waals surface area contributed by atoms with Gasteiger partial charge in [-0.3, -0.25) is 9.69 Å². The molecule has 3 heterocycles. The number of fused-ring (bicyclic) bond motifs is 1. The molecule has 0 bridgehead atoms. The third kappa shape index (κ3) is 2.42. The molecule has 10 nitrogen and oxygen atoms in total. The molecule has 1 unspecified atom stereocenters. The number of aliphatic hydroxyl groups is 1. The minimum absolute atomic E-state index is 0.0137. The monoisotopic (exact) mass is 345 g/mol. The van der Waals surface area contributed by atoms with E-state index in [0.29, 0.717) is 15.8 Å². The second-order valence-electron chi connectivity index (χ2n) is 4.48. The van der Waals surface area contributed by atoms with E-state index in [-0.39, 0.29) is 23.8 Å². The Balaban J connectivity index is 1.78. The summed E-state index contributed by atoms with van der Waals surface area (Å²) in [6, 6.07) is 0. The van der Waals surface area contributed by atoms with Crippen LogP contribution in [0.5, 0.6) is 0 Å². The van der Waals surface area contributed by atoms with Crippen molar-refractivity contribution >= 4 is 35.6 Å². The minimum atomic E-state index is -1.49. The molecule has 2 atom stereocenters. The summed E-state index contributed by atoms with van der Waals surface area (Å²) in [5.74, 6) is -0.493. The Labute approximate surface area is 132 Å². The SMILES string of the molecule is Cn1nnnc1SCC1=C(OC(=O)O)N2C(=O)C(CO)[C@@H]2S1. The van der Waals surface area contributed by atoms with Gasteiger partial charge in [0.15, 0.2) is 0 Å². The van der Waals surface area contributed by atoms with Gasteiger partial charge in [0.25, 0.3) is 0 Å². The Bertz CT molecular complexity index is 662. The molecule has 1 aromatic rings. The van der Waals surface area contributed by atoms with Crippen LogP contribution in [0.2, 0.25) is 0 Å². The summed E-state index contributed by atoms with van der Waals surface area (Å²) in [6.07, 6.45) is -1.49. The normalized spacial score (nSPS) is 23.5. The summed E-state index contributed by atoms with van der Waals surface area (Å²) < 4.78 is 6.23. The first-order chi connectivity index (χ1) is 10.5. The molecule has 1 saturated heterocycles. The lowest BCUT2D eigenvalue weighted by Crippen LogP contribution is -2.58. The lowest BCUT2D eigenvalue weighted by Gasteiger charge is -2.40. The quantitative estimate of drug-likeness (QED) is 0.416. The van der Waals surface area contributed by atoms with Crippen LogP contribution in [-0.2, 0) is 16.6 Å². The zero-order chi connectivity index (χ0) is 15.9. The summed E-state index contributed by atoms with van der Waals surface area (Å²) in [5, 5.41) is 29.3. The fourth-order valence-electron chi connectivity index (χ4n) is 2.13. The van der Waals surface area contributed by atoms with Gasteiger partial charge in [-0.2, -0.15) is 0 Å². The smallest absolute Gasteiger partial charge is 0.449 e. The number of hydrogen-bond donors (Lipinski definition) is 2. The van der Waals surface area contributed by atoms with E-state index < -0.39 is 12.1 Å². The Kier molecular flexibility index (Phi) is 3.97.